The Morgan fingerprint density at radius 2 is 2.00 bits per heavy atom. The van der Waals surface area contributed by atoms with Crippen molar-refractivity contribution in [1.29, 1.82) is 0 Å². The van der Waals surface area contributed by atoms with Crippen LogP contribution < -0.4 is 5.32 Å². The van der Waals surface area contributed by atoms with E-state index in [1.165, 1.54) is 16.7 Å². The maximum Gasteiger partial charge on any atom is 0.212 e. The molecular formula is C23H23N5OS. The smallest absolute Gasteiger partial charge is 0.212 e. The van der Waals surface area contributed by atoms with Crippen LogP contribution in [0.2, 0.25) is 0 Å². The molecule has 3 heterocycles. The summed E-state index contributed by atoms with van der Waals surface area (Å²) in [6, 6.07) is 14.7. The van der Waals surface area contributed by atoms with E-state index in [2.05, 4.69) is 50.1 Å². The molecule has 2 aromatic carbocycles. The van der Waals surface area contributed by atoms with Gasteiger partial charge in [0.15, 0.2) is 5.13 Å². The normalized spacial score (nSPS) is 19.8. The van der Waals surface area contributed by atoms with Gasteiger partial charge in [-0.25, -0.2) is 9.97 Å². The van der Waals surface area contributed by atoms with E-state index in [-0.39, 0.29) is 12.1 Å². The number of H-pyrrole nitrogens is 1. The van der Waals surface area contributed by atoms with Crippen molar-refractivity contribution in [3.05, 3.63) is 59.9 Å². The quantitative estimate of drug-likeness (QED) is 0.395. The fraction of sp³-hybridized carbons (Fsp3) is 0.304. The molecule has 30 heavy (non-hydrogen) atoms. The summed E-state index contributed by atoms with van der Waals surface area (Å²) in [6.45, 7) is 0. The third kappa shape index (κ3) is 3.14. The molecule has 6 nitrogen and oxygen atoms in total. The summed E-state index contributed by atoms with van der Waals surface area (Å²) in [7, 11) is 0. The number of hydrogen-bond donors (Lipinski definition) is 3. The second kappa shape index (κ2) is 7.11. The number of aliphatic hydroxyl groups is 1. The lowest BCUT2D eigenvalue weighted by molar-refractivity contribution is 0.116. The molecule has 2 atom stereocenters. The first-order valence-electron chi connectivity index (χ1n) is 10.5. The SMILES string of the molecule is O[C@@H]1CCCC[C@H]1Nc1nc2ccc(Cc3cn4c(nc5ccccc54)[nH]3)cc2s1. The summed E-state index contributed by atoms with van der Waals surface area (Å²) >= 11 is 1.67. The first-order chi connectivity index (χ1) is 14.7. The molecule has 152 valence electrons. The number of imidazole rings is 2. The van der Waals surface area contributed by atoms with Crippen molar-refractivity contribution in [2.45, 2.75) is 44.2 Å². The van der Waals surface area contributed by atoms with Crippen LogP contribution in [0.5, 0.6) is 0 Å². The van der Waals surface area contributed by atoms with E-state index >= 15 is 0 Å². The van der Waals surface area contributed by atoms with Crippen LogP contribution in [0, 0.1) is 0 Å². The molecular weight excluding hydrogens is 394 g/mol. The lowest BCUT2D eigenvalue weighted by Gasteiger charge is -2.27. The molecule has 7 heteroatoms. The zero-order valence-corrected chi connectivity index (χ0v) is 17.3. The van der Waals surface area contributed by atoms with Gasteiger partial charge in [0.05, 0.1) is 33.4 Å². The molecule has 0 bridgehead atoms. The Morgan fingerprint density at radius 3 is 2.93 bits per heavy atom. The average molecular weight is 418 g/mol. The van der Waals surface area contributed by atoms with Crippen LogP contribution in [-0.4, -0.2) is 36.6 Å². The summed E-state index contributed by atoms with van der Waals surface area (Å²) in [5.74, 6) is 0.877. The number of rotatable bonds is 4. The molecule has 0 unspecified atom stereocenters. The number of aromatic amines is 1. The number of benzene rings is 2. The molecule has 0 spiro atoms. The molecule has 1 aliphatic rings. The van der Waals surface area contributed by atoms with Gasteiger partial charge in [-0.3, -0.25) is 4.40 Å². The van der Waals surface area contributed by atoms with E-state index < -0.39 is 0 Å². The largest absolute Gasteiger partial charge is 0.391 e. The summed E-state index contributed by atoms with van der Waals surface area (Å²) in [4.78, 5) is 12.8. The summed E-state index contributed by atoms with van der Waals surface area (Å²) in [6.07, 6.45) is 6.84. The van der Waals surface area contributed by atoms with E-state index in [1.54, 1.807) is 11.3 Å². The van der Waals surface area contributed by atoms with E-state index in [0.29, 0.717) is 0 Å². The number of fused-ring (bicyclic) bond motifs is 4. The van der Waals surface area contributed by atoms with Gasteiger partial charge in [0.1, 0.15) is 0 Å². The molecule has 6 rings (SSSR count). The number of nitrogens with one attached hydrogen (secondary N) is 2. The van der Waals surface area contributed by atoms with E-state index in [9.17, 15) is 5.11 Å². The molecule has 0 radical (unpaired) electrons. The number of aliphatic hydroxyl groups excluding tert-OH is 1. The first-order valence-corrected chi connectivity index (χ1v) is 11.3. The monoisotopic (exact) mass is 417 g/mol. The Balaban J connectivity index is 1.25. The third-order valence-corrected chi connectivity index (χ3v) is 6.99. The Labute approximate surface area is 177 Å². The molecule has 0 amide bonds. The molecule has 5 aromatic rings. The number of aromatic nitrogens is 4. The maximum absolute atomic E-state index is 10.2. The van der Waals surface area contributed by atoms with Gasteiger partial charge in [0.2, 0.25) is 5.78 Å². The molecule has 0 aliphatic heterocycles. The number of nitrogens with zero attached hydrogens (tertiary/aromatic N) is 3. The van der Waals surface area contributed by atoms with Crippen molar-refractivity contribution in [2.24, 2.45) is 0 Å². The first kappa shape index (κ1) is 17.9. The maximum atomic E-state index is 10.2. The van der Waals surface area contributed by atoms with Crippen LogP contribution in [0.4, 0.5) is 5.13 Å². The second-order valence-electron chi connectivity index (χ2n) is 8.17. The summed E-state index contributed by atoms with van der Waals surface area (Å²) in [5, 5.41) is 14.6. The number of hydrogen-bond acceptors (Lipinski definition) is 5. The predicted molar refractivity (Wildman–Crippen MR) is 121 cm³/mol. The third-order valence-electron chi connectivity index (χ3n) is 6.04. The minimum absolute atomic E-state index is 0.115. The van der Waals surface area contributed by atoms with Gasteiger partial charge in [-0.05, 0) is 42.7 Å². The van der Waals surface area contributed by atoms with Gasteiger partial charge in [-0.15, -0.1) is 0 Å². The van der Waals surface area contributed by atoms with Crippen molar-refractivity contribution in [2.75, 3.05) is 5.32 Å². The van der Waals surface area contributed by atoms with Crippen molar-refractivity contribution in [3.8, 4) is 0 Å². The van der Waals surface area contributed by atoms with Crippen LogP contribution in [0.3, 0.4) is 0 Å². The van der Waals surface area contributed by atoms with Crippen molar-refractivity contribution in [1.82, 2.24) is 19.4 Å². The number of thiazole rings is 1. The van der Waals surface area contributed by atoms with Gasteiger partial charge in [0.25, 0.3) is 0 Å². The molecule has 1 aliphatic carbocycles. The molecule has 3 N–H and O–H groups in total. The average Bonchev–Trinajstić information content (AvgIpc) is 3.41. The van der Waals surface area contributed by atoms with Gasteiger partial charge in [-0.1, -0.05) is 42.4 Å². The van der Waals surface area contributed by atoms with Crippen molar-refractivity contribution < 1.29 is 5.11 Å². The lowest BCUT2D eigenvalue weighted by Crippen LogP contribution is -2.36. The van der Waals surface area contributed by atoms with Crippen LogP contribution >= 0.6 is 11.3 Å². The second-order valence-corrected chi connectivity index (χ2v) is 9.20. The van der Waals surface area contributed by atoms with Crippen LogP contribution in [-0.2, 0) is 6.42 Å². The summed E-state index contributed by atoms with van der Waals surface area (Å²) in [5.41, 5.74) is 5.50. The van der Waals surface area contributed by atoms with Crippen LogP contribution in [0.1, 0.15) is 36.9 Å². The highest BCUT2D eigenvalue weighted by molar-refractivity contribution is 7.22. The molecule has 3 aromatic heterocycles. The Hall–Kier alpha value is -2.90. The van der Waals surface area contributed by atoms with Gasteiger partial charge >= 0.3 is 0 Å². The Bertz CT molecular complexity index is 1350. The zero-order chi connectivity index (χ0) is 20.1. The van der Waals surface area contributed by atoms with E-state index in [4.69, 9.17) is 4.98 Å². The standard InChI is InChI=1S/C23H23N5OS/c29-20-8-4-2-6-17(20)26-23-27-18-10-9-14(12-21(18)30-23)11-15-13-28-19-7-3-1-5-16(19)25-22(28)24-15/h1,3,5,7,9-10,12-13,17,20,29H,2,4,6,8,11H2,(H,24,25)(H,26,27)/t17-,20-/m1/s1. The lowest BCUT2D eigenvalue weighted by atomic mass is 9.93. The fourth-order valence-corrected chi connectivity index (χ4v) is 5.47. The topological polar surface area (TPSA) is 78.2 Å². The van der Waals surface area contributed by atoms with Gasteiger partial charge < -0.3 is 15.4 Å². The highest BCUT2D eigenvalue weighted by Gasteiger charge is 2.23. The summed E-state index contributed by atoms with van der Waals surface area (Å²) < 4.78 is 3.29. The van der Waals surface area contributed by atoms with Gasteiger partial charge in [-0.2, -0.15) is 0 Å². The Kier molecular flexibility index (Phi) is 4.24. The fourth-order valence-electron chi connectivity index (χ4n) is 4.48. The molecule has 1 fully saturated rings. The Morgan fingerprint density at radius 1 is 1.10 bits per heavy atom. The minimum Gasteiger partial charge on any atom is -0.391 e. The van der Waals surface area contributed by atoms with Crippen molar-refractivity contribution >= 4 is 43.5 Å². The number of para-hydroxylation sites is 2. The van der Waals surface area contributed by atoms with Crippen LogP contribution in [0.15, 0.2) is 48.7 Å². The highest BCUT2D eigenvalue weighted by Crippen LogP contribution is 2.30. The number of anilines is 1. The zero-order valence-electron chi connectivity index (χ0n) is 16.5. The predicted octanol–water partition coefficient (Wildman–Crippen LogP) is 4.73. The highest BCUT2D eigenvalue weighted by atomic mass is 32.1. The molecule has 0 saturated heterocycles. The van der Waals surface area contributed by atoms with Crippen molar-refractivity contribution in [3.63, 3.8) is 0 Å². The van der Waals surface area contributed by atoms with Crippen LogP contribution in [0.25, 0.3) is 27.0 Å². The van der Waals surface area contributed by atoms with E-state index in [1.807, 2.05) is 18.2 Å². The molecule has 1 saturated carbocycles. The van der Waals surface area contributed by atoms with Gasteiger partial charge in [0, 0.05) is 18.3 Å². The van der Waals surface area contributed by atoms with E-state index in [0.717, 1.165) is 58.8 Å². The minimum atomic E-state index is -0.274.